The number of carbonyl (C=O) groups is 2. The first kappa shape index (κ1) is 15.1. The van der Waals surface area contributed by atoms with E-state index in [1.807, 2.05) is 44.3 Å². The van der Waals surface area contributed by atoms with Crippen LogP contribution in [0.15, 0.2) is 30.5 Å². The zero-order valence-corrected chi connectivity index (χ0v) is 12.5. The van der Waals surface area contributed by atoms with Crippen molar-refractivity contribution >= 4 is 22.7 Å². The first-order valence-corrected chi connectivity index (χ1v) is 7.25. The summed E-state index contributed by atoms with van der Waals surface area (Å²) in [6, 6.07) is 7.89. The molecule has 0 aliphatic carbocycles. The molecular weight excluding hydrogens is 266 g/mol. The van der Waals surface area contributed by atoms with Gasteiger partial charge in [-0.25, -0.2) is 0 Å². The van der Waals surface area contributed by atoms with Gasteiger partial charge in [0.2, 0.25) is 11.8 Å². The Bertz CT molecular complexity index is 633. The van der Waals surface area contributed by atoms with E-state index >= 15 is 0 Å². The monoisotopic (exact) mass is 287 g/mol. The summed E-state index contributed by atoms with van der Waals surface area (Å²) >= 11 is 0. The predicted molar refractivity (Wildman–Crippen MR) is 82.9 cm³/mol. The Labute approximate surface area is 124 Å². The maximum atomic E-state index is 12.4. The van der Waals surface area contributed by atoms with E-state index in [1.54, 1.807) is 4.90 Å². The van der Waals surface area contributed by atoms with Crippen LogP contribution in [-0.2, 0) is 16.0 Å². The molecule has 0 atom stereocenters. The van der Waals surface area contributed by atoms with Gasteiger partial charge in [0, 0.05) is 30.2 Å². The molecule has 0 aliphatic heterocycles. The van der Waals surface area contributed by atoms with Crippen molar-refractivity contribution in [3.05, 3.63) is 36.0 Å². The maximum absolute atomic E-state index is 12.4. The molecule has 0 spiro atoms. The number of fused-ring (bicyclic) bond motifs is 1. The maximum Gasteiger partial charge on any atom is 0.239 e. The number of H-pyrrole nitrogens is 1. The van der Waals surface area contributed by atoms with Gasteiger partial charge >= 0.3 is 0 Å². The highest BCUT2D eigenvalue weighted by molar-refractivity contribution is 5.90. The van der Waals surface area contributed by atoms with Crippen molar-refractivity contribution < 1.29 is 9.59 Å². The number of nitrogens with one attached hydrogen (secondary N) is 2. The Morgan fingerprint density at radius 1 is 1.24 bits per heavy atom. The van der Waals surface area contributed by atoms with Crippen LogP contribution in [0.1, 0.15) is 19.4 Å². The van der Waals surface area contributed by atoms with Gasteiger partial charge in [-0.2, -0.15) is 0 Å². The molecule has 2 aromatic rings. The van der Waals surface area contributed by atoms with E-state index in [0.717, 1.165) is 16.5 Å². The fourth-order valence-electron chi connectivity index (χ4n) is 2.36. The fraction of sp³-hybridized carbons (Fsp3) is 0.375. The molecule has 5 nitrogen and oxygen atoms in total. The van der Waals surface area contributed by atoms with Crippen LogP contribution in [0.4, 0.5) is 0 Å². The minimum absolute atomic E-state index is 0.0338. The van der Waals surface area contributed by atoms with Crippen LogP contribution in [0.2, 0.25) is 0 Å². The summed E-state index contributed by atoms with van der Waals surface area (Å²) < 4.78 is 0. The number of hydrogen-bond acceptors (Lipinski definition) is 2. The molecule has 0 radical (unpaired) electrons. The first-order chi connectivity index (χ1) is 10.2. The standard InChI is InChI=1S/C16H21N3O2/c1-3-17-15(20)11-19(4-2)16(21)9-12-10-18-14-8-6-5-7-13(12)14/h5-8,10,18H,3-4,9,11H2,1-2H3,(H,17,20). The molecule has 1 aromatic carbocycles. The summed E-state index contributed by atoms with van der Waals surface area (Å²) in [6.45, 7) is 4.96. The third-order valence-electron chi connectivity index (χ3n) is 3.46. The summed E-state index contributed by atoms with van der Waals surface area (Å²) in [5.41, 5.74) is 1.98. The van der Waals surface area contributed by atoms with Gasteiger partial charge < -0.3 is 15.2 Å². The zero-order chi connectivity index (χ0) is 15.2. The average molecular weight is 287 g/mol. The molecule has 0 saturated heterocycles. The fourth-order valence-corrected chi connectivity index (χ4v) is 2.36. The molecule has 0 unspecified atom stereocenters. The third-order valence-corrected chi connectivity index (χ3v) is 3.46. The number of aromatic amines is 1. The lowest BCUT2D eigenvalue weighted by Gasteiger charge is -2.20. The van der Waals surface area contributed by atoms with Gasteiger partial charge in [-0.1, -0.05) is 18.2 Å². The van der Waals surface area contributed by atoms with E-state index in [-0.39, 0.29) is 18.4 Å². The zero-order valence-electron chi connectivity index (χ0n) is 12.5. The van der Waals surface area contributed by atoms with E-state index in [4.69, 9.17) is 0 Å². The molecule has 112 valence electrons. The Hall–Kier alpha value is -2.30. The normalized spacial score (nSPS) is 10.6. The van der Waals surface area contributed by atoms with Crippen LogP contribution in [0.3, 0.4) is 0 Å². The molecule has 0 bridgehead atoms. The number of nitrogens with zero attached hydrogens (tertiary/aromatic N) is 1. The SMILES string of the molecule is CCNC(=O)CN(CC)C(=O)Cc1c[nH]c2ccccc12. The smallest absolute Gasteiger partial charge is 0.239 e. The second kappa shape index (κ2) is 6.92. The minimum atomic E-state index is -0.119. The highest BCUT2D eigenvalue weighted by Gasteiger charge is 2.17. The molecular formula is C16H21N3O2. The van der Waals surface area contributed by atoms with Crippen LogP contribution in [0, 0.1) is 0 Å². The summed E-state index contributed by atoms with van der Waals surface area (Å²) in [5, 5.41) is 3.77. The van der Waals surface area contributed by atoms with E-state index in [0.29, 0.717) is 19.5 Å². The summed E-state index contributed by atoms with van der Waals surface area (Å²) in [5.74, 6) is -0.153. The van der Waals surface area contributed by atoms with E-state index in [9.17, 15) is 9.59 Å². The molecule has 21 heavy (non-hydrogen) atoms. The van der Waals surface area contributed by atoms with Gasteiger partial charge in [-0.05, 0) is 25.5 Å². The molecule has 0 aliphatic rings. The van der Waals surface area contributed by atoms with Crippen LogP contribution in [-0.4, -0.2) is 41.3 Å². The van der Waals surface area contributed by atoms with Crippen molar-refractivity contribution in [2.24, 2.45) is 0 Å². The summed E-state index contributed by atoms with van der Waals surface area (Å²) in [4.78, 5) is 28.7. The Balaban J connectivity index is 2.07. The number of para-hydroxylation sites is 1. The van der Waals surface area contributed by atoms with Crippen LogP contribution in [0.25, 0.3) is 10.9 Å². The Morgan fingerprint density at radius 2 is 2.00 bits per heavy atom. The molecule has 2 rings (SSSR count). The Morgan fingerprint density at radius 3 is 2.71 bits per heavy atom. The highest BCUT2D eigenvalue weighted by atomic mass is 16.2. The second-order valence-electron chi connectivity index (χ2n) is 4.90. The molecule has 2 amide bonds. The minimum Gasteiger partial charge on any atom is -0.361 e. The second-order valence-corrected chi connectivity index (χ2v) is 4.90. The predicted octanol–water partition coefficient (Wildman–Crippen LogP) is 1.69. The number of carbonyl (C=O) groups excluding carboxylic acids is 2. The number of benzene rings is 1. The van der Waals surface area contributed by atoms with Crippen LogP contribution >= 0.6 is 0 Å². The molecule has 5 heteroatoms. The topological polar surface area (TPSA) is 65.2 Å². The summed E-state index contributed by atoms with van der Waals surface area (Å²) in [7, 11) is 0. The van der Waals surface area contributed by atoms with Crippen molar-refractivity contribution in [1.29, 1.82) is 0 Å². The lowest BCUT2D eigenvalue weighted by Crippen LogP contribution is -2.41. The quantitative estimate of drug-likeness (QED) is 0.849. The Kier molecular flexibility index (Phi) is 4.98. The van der Waals surface area contributed by atoms with Gasteiger partial charge in [0.05, 0.1) is 13.0 Å². The average Bonchev–Trinajstić information content (AvgIpc) is 2.88. The lowest BCUT2D eigenvalue weighted by atomic mass is 10.1. The molecule has 0 fully saturated rings. The highest BCUT2D eigenvalue weighted by Crippen LogP contribution is 2.18. The van der Waals surface area contributed by atoms with Crippen LogP contribution < -0.4 is 5.32 Å². The number of rotatable bonds is 6. The van der Waals surface area contributed by atoms with Crippen molar-refractivity contribution in [3.8, 4) is 0 Å². The number of hydrogen-bond donors (Lipinski definition) is 2. The number of amides is 2. The van der Waals surface area contributed by atoms with Gasteiger partial charge in [0.15, 0.2) is 0 Å². The van der Waals surface area contributed by atoms with Gasteiger partial charge in [-0.15, -0.1) is 0 Å². The van der Waals surface area contributed by atoms with Crippen molar-refractivity contribution in [2.45, 2.75) is 20.3 Å². The number of likely N-dealkylation sites (N-methyl/N-ethyl adjacent to an activating group) is 2. The van der Waals surface area contributed by atoms with Crippen molar-refractivity contribution in [1.82, 2.24) is 15.2 Å². The third kappa shape index (κ3) is 3.62. The van der Waals surface area contributed by atoms with Gasteiger partial charge in [-0.3, -0.25) is 9.59 Å². The van der Waals surface area contributed by atoms with Crippen molar-refractivity contribution in [3.63, 3.8) is 0 Å². The van der Waals surface area contributed by atoms with Crippen molar-refractivity contribution in [2.75, 3.05) is 19.6 Å². The molecule has 1 heterocycles. The lowest BCUT2D eigenvalue weighted by molar-refractivity contribution is -0.135. The van der Waals surface area contributed by atoms with Crippen LogP contribution in [0.5, 0.6) is 0 Å². The van der Waals surface area contributed by atoms with Gasteiger partial charge in [0.25, 0.3) is 0 Å². The van der Waals surface area contributed by atoms with E-state index in [2.05, 4.69) is 10.3 Å². The van der Waals surface area contributed by atoms with E-state index in [1.165, 1.54) is 0 Å². The van der Waals surface area contributed by atoms with E-state index < -0.39 is 0 Å². The first-order valence-electron chi connectivity index (χ1n) is 7.25. The molecule has 0 saturated carbocycles. The molecule has 2 N–H and O–H groups in total. The summed E-state index contributed by atoms with van der Waals surface area (Å²) in [6.07, 6.45) is 2.17. The van der Waals surface area contributed by atoms with Gasteiger partial charge in [0.1, 0.15) is 0 Å². The molecule has 1 aromatic heterocycles. The largest absolute Gasteiger partial charge is 0.361 e. The number of aromatic nitrogens is 1.